The Morgan fingerprint density at radius 1 is 1.40 bits per heavy atom. The van der Waals surface area contributed by atoms with Crippen molar-refractivity contribution < 1.29 is 13.9 Å². The molecule has 1 aliphatic heterocycles. The Morgan fingerprint density at radius 2 is 2.27 bits per heavy atom. The molecular weight excluding hydrogens is 389 g/mol. The number of halogens is 1. The lowest BCUT2D eigenvalue weighted by molar-refractivity contribution is 0.0947. The van der Waals surface area contributed by atoms with Crippen molar-refractivity contribution in [3.05, 3.63) is 42.0 Å². The van der Waals surface area contributed by atoms with Crippen molar-refractivity contribution in [3.8, 4) is 11.4 Å². The van der Waals surface area contributed by atoms with Crippen molar-refractivity contribution in [2.75, 3.05) is 13.2 Å². The van der Waals surface area contributed by atoms with Crippen LogP contribution in [0.2, 0.25) is 0 Å². The molecule has 30 heavy (non-hydrogen) atoms. The van der Waals surface area contributed by atoms with Gasteiger partial charge in [-0.25, -0.2) is 14.4 Å². The van der Waals surface area contributed by atoms with Crippen molar-refractivity contribution in [1.29, 1.82) is 0 Å². The Hall–Kier alpha value is -3.82. The Morgan fingerprint density at radius 3 is 3.07 bits per heavy atom. The van der Waals surface area contributed by atoms with E-state index in [4.69, 9.17) is 4.74 Å². The molecule has 0 spiro atoms. The van der Waals surface area contributed by atoms with E-state index in [1.165, 1.54) is 12.1 Å². The summed E-state index contributed by atoms with van der Waals surface area (Å²) in [6.07, 6.45) is 3.15. The maximum Gasteiger partial charge on any atom is 0.255 e. The maximum atomic E-state index is 13.6. The summed E-state index contributed by atoms with van der Waals surface area (Å²) in [5, 5.41) is 8.09. The Labute approximate surface area is 170 Å². The SMILES string of the molecule is C[C@@H](NC(=O)c1c[nH]c2ncc(-c3nn(C)c4cc(F)ccc34)nc12)C1=NCCO1. The lowest BCUT2D eigenvalue weighted by Gasteiger charge is -2.12. The Balaban J connectivity index is 1.53. The first-order chi connectivity index (χ1) is 14.5. The van der Waals surface area contributed by atoms with Crippen molar-refractivity contribution in [3.63, 3.8) is 0 Å². The number of rotatable bonds is 4. The summed E-state index contributed by atoms with van der Waals surface area (Å²) in [7, 11) is 1.74. The number of hydrogen-bond acceptors (Lipinski definition) is 6. The number of benzene rings is 1. The number of aryl methyl sites for hydroxylation is 1. The molecule has 0 radical (unpaired) electrons. The zero-order valence-electron chi connectivity index (χ0n) is 16.3. The molecule has 4 aromatic rings. The molecule has 0 unspecified atom stereocenters. The monoisotopic (exact) mass is 407 g/mol. The van der Waals surface area contributed by atoms with Gasteiger partial charge in [0.1, 0.15) is 35.4 Å². The van der Waals surface area contributed by atoms with Crippen LogP contribution in [0.5, 0.6) is 0 Å². The van der Waals surface area contributed by atoms with Gasteiger partial charge < -0.3 is 15.0 Å². The molecule has 9 nitrogen and oxygen atoms in total. The average molecular weight is 407 g/mol. The van der Waals surface area contributed by atoms with E-state index in [9.17, 15) is 9.18 Å². The third kappa shape index (κ3) is 2.97. The lowest BCUT2D eigenvalue weighted by atomic mass is 10.1. The number of aliphatic imine (C=N–C) groups is 1. The molecule has 0 saturated heterocycles. The van der Waals surface area contributed by atoms with Crippen molar-refractivity contribution in [2.24, 2.45) is 12.0 Å². The van der Waals surface area contributed by atoms with Crippen LogP contribution in [-0.2, 0) is 11.8 Å². The fourth-order valence-corrected chi connectivity index (χ4v) is 3.55. The van der Waals surface area contributed by atoms with Crippen molar-refractivity contribution in [2.45, 2.75) is 13.0 Å². The highest BCUT2D eigenvalue weighted by molar-refractivity contribution is 6.06. The summed E-state index contributed by atoms with van der Waals surface area (Å²) in [4.78, 5) is 29.0. The van der Waals surface area contributed by atoms with E-state index < -0.39 is 0 Å². The molecule has 2 N–H and O–H groups in total. The minimum atomic E-state index is -0.351. The van der Waals surface area contributed by atoms with Crippen LogP contribution in [-0.4, -0.2) is 55.7 Å². The lowest BCUT2D eigenvalue weighted by Crippen LogP contribution is -2.38. The van der Waals surface area contributed by atoms with E-state index in [0.29, 0.717) is 52.7 Å². The number of carbonyl (C=O) groups excluding carboxylic acids is 1. The van der Waals surface area contributed by atoms with E-state index in [1.54, 1.807) is 30.2 Å². The Bertz CT molecular complexity index is 1320. The van der Waals surface area contributed by atoms with E-state index in [1.807, 2.05) is 6.92 Å². The number of carbonyl (C=O) groups is 1. The van der Waals surface area contributed by atoms with Gasteiger partial charge in [-0.3, -0.25) is 14.5 Å². The largest absolute Gasteiger partial charge is 0.478 e. The van der Waals surface area contributed by atoms with E-state index in [2.05, 4.69) is 30.4 Å². The summed E-state index contributed by atoms with van der Waals surface area (Å²) in [5.41, 5.74) is 2.97. The van der Waals surface area contributed by atoms with Crippen LogP contribution in [0, 0.1) is 5.82 Å². The minimum absolute atomic E-state index is 0.314. The van der Waals surface area contributed by atoms with Crippen molar-refractivity contribution in [1.82, 2.24) is 30.0 Å². The summed E-state index contributed by atoms with van der Waals surface area (Å²) >= 11 is 0. The molecule has 1 amide bonds. The minimum Gasteiger partial charge on any atom is -0.478 e. The van der Waals surface area contributed by atoms with Gasteiger partial charge in [0.15, 0.2) is 5.65 Å². The van der Waals surface area contributed by atoms with Crippen LogP contribution in [0.3, 0.4) is 0 Å². The maximum absolute atomic E-state index is 13.6. The topological polar surface area (TPSA) is 110 Å². The van der Waals surface area contributed by atoms with Gasteiger partial charge in [0, 0.05) is 18.6 Å². The van der Waals surface area contributed by atoms with E-state index in [0.717, 1.165) is 5.39 Å². The zero-order valence-corrected chi connectivity index (χ0v) is 16.3. The standard InChI is InChI=1S/C20H18FN7O2/c1-10(20-22-5-6-30-20)25-19(29)13-8-23-18-17(13)26-14(9-24-18)16-12-4-3-11(21)7-15(12)28(2)27-16/h3-4,7-10H,5-6H2,1-2H3,(H,23,24)(H,25,29)/t10-/m1/s1. The number of aromatic nitrogens is 5. The summed E-state index contributed by atoms with van der Waals surface area (Å²) < 4.78 is 20.6. The normalized spacial score (nSPS) is 14.7. The second kappa shape index (κ2) is 6.90. The quantitative estimate of drug-likeness (QED) is 0.539. The molecule has 152 valence electrons. The highest BCUT2D eigenvalue weighted by atomic mass is 19.1. The number of amides is 1. The number of hydrogen-bond donors (Lipinski definition) is 2. The zero-order chi connectivity index (χ0) is 20.8. The molecule has 0 aliphatic carbocycles. The van der Waals surface area contributed by atoms with Crippen LogP contribution < -0.4 is 5.32 Å². The summed E-state index contributed by atoms with van der Waals surface area (Å²) in [6.45, 7) is 2.94. The Kier molecular flexibility index (Phi) is 4.19. The second-order valence-corrected chi connectivity index (χ2v) is 7.05. The van der Waals surface area contributed by atoms with Gasteiger partial charge in [0.2, 0.25) is 5.90 Å². The molecule has 5 rings (SSSR count). The van der Waals surface area contributed by atoms with Gasteiger partial charge in [-0.05, 0) is 25.1 Å². The highest BCUT2D eigenvalue weighted by Gasteiger charge is 2.22. The first-order valence-corrected chi connectivity index (χ1v) is 9.46. The molecule has 4 heterocycles. The third-order valence-corrected chi connectivity index (χ3v) is 5.01. The first-order valence-electron chi connectivity index (χ1n) is 9.46. The number of fused-ring (bicyclic) bond motifs is 2. The molecular formula is C20H18FN7O2. The smallest absolute Gasteiger partial charge is 0.255 e. The van der Waals surface area contributed by atoms with Crippen molar-refractivity contribution >= 4 is 33.9 Å². The predicted molar refractivity (Wildman–Crippen MR) is 109 cm³/mol. The van der Waals surface area contributed by atoms with Gasteiger partial charge in [0.05, 0.1) is 23.8 Å². The molecule has 1 aromatic carbocycles. The number of H-pyrrole nitrogens is 1. The summed E-state index contributed by atoms with van der Waals surface area (Å²) in [6, 6.07) is 4.11. The van der Waals surface area contributed by atoms with E-state index >= 15 is 0 Å². The highest BCUT2D eigenvalue weighted by Crippen LogP contribution is 2.28. The van der Waals surface area contributed by atoms with Crippen LogP contribution in [0.25, 0.3) is 33.5 Å². The van der Waals surface area contributed by atoms with Crippen LogP contribution >= 0.6 is 0 Å². The van der Waals surface area contributed by atoms with Gasteiger partial charge >= 0.3 is 0 Å². The van der Waals surface area contributed by atoms with Gasteiger partial charge in [0.25, 0.3) is 5.91 Å². The first kappa shape index (κ1) is 18.2. The van der Waals surface area contributed by atoms with Crippen LogP contribution in [0.4, 0.5) is 4.39 Å². The van der Waals surface area contributed by atoms with Gasteiger partial charge in [-0.1, -0.05) is 0 Å². The molecule has 3 aromatic heterocycles. The molecule has 1 aliphatic rings. The molecule has 0 fully saturated rings. The number of aromatic amines is 1. The second-order valence-electron chi connectivity index (χ2n) is 7.05. The van der Waals surface area contributed by atoms with Crippen LogP contribution in [0.15, 0.2) is 35.6 Å². The molecule has 0 saturated carbocycles. The molecule has 1 atom stereocenters. The van der Waals surface area contributed by atoms with E-state index in [-0.39, 0.29) is 17.8 Å². The fourth-order valence-electron chi connectivity index (χ4n) is 3.55. The summed E-state index contributed by atoms with van der Waals surface area (Å²) in [5.74, 6) is -0.137. The van der Waals surface area contributed by atoms with Gasteiger partial charge in [-0.15, -0.1) is 0 Å². The fraction of sp³-hybridized carbons (Fsp3) is 0.250. The van der Waals surface area contributed by atoms with Crippen LogP contribution in [0.1, 0.15) is 17.3 Å². The van der Waals surface area contributed by atoms with Gasteiger partial charge in [-0.2, -0.15) is 5.10 Å². The number of nitrogens with zero attached hydrogens (tertiary/aromatic N) is 5. The predicted octanol–water partition coefficient (Wildman–Crippen LogP) is 2.20. The molecule has 10 heteroatoms. The average Bonchev–Trinajstić information content (AvgIpc) is 3.46. The molecule has 0 bridgehead atoms. The number of ether oxygens (including phenoxy) is 1. The third-order valence-electron chi connectivity index (χ3n) is 5.01. The number of nitrogens with one attached hydrogen (secondary N) is 2.